The predicted molar refractivity (Wildman–Crippen MR) is 95.7 cm³/mol. The average Bonchev–Trinajstić information content (AvgIpc) is 3.12. The first-order valence-electron chi connectivity index (χ1n) is 7.68. The Bertz CT molecular complexity index is 857. The normalized spacial score (nSPS) is 10.5. The van der Waals surface area contributed by atoms with Crippen LogP contribution in [0, 0.1) is 0 Å². The van der Waals surface area contributed by atoms with Gasteiger partial charge >= 0.3 is 0 Å². The fourth-order valence-corrected chi connectivity index (χ4v) is 2.52. The third-order valence-corrected chi connectivity index (χ3v) is 4.04. The van der Waals surface area contributed by atoms with Gasteiger partial charge < -0.3 is 14.2 Å². The fourth-order valence-electron chi connectivity index (χ4n) is 2.40. The number of halogens is 1. The molecule has 0 spiro atoms. The monoisotopic (exact) mass is 356 g/mol. The van der Waals surface area contributed by atoms with Crippen LogP contribution in [0.5, 0.6) is 5.75 Å². The Morgan fingerprint density at radius 2 is 1.84 bits per heavy atom. The molecule has 25 heavy (non-hydrogen) atoms. The Morgan fingerprint density at radius 1 is 1.16 bits per heavy atom. The van der Waals surface area contributed by atoms with Gasteiger partial charge in [-0.05, 0) is 42.0 Å². The van der Waals surface area contributed by atoms with E-state index in [9.17, 15) is 4.79 Å². The second-order valence-corrected chi connectivity index (χ2v) is 6.03. The predicted octanol–water partition coefficient (Wildman–Crippen LogP) is 4.28. The van der Waals surface area contributed by atoms with E-state index in [1.165, 1.54) is 0 Å². The Kier molecular flexibility index (Phi) is 5.05. The van der Waals surface area contributed by atoms with Crippen LogP contribution in [0.4, 0.5) is 0 Å². The van der Waals surface area contributed by atoms with E-state index in [-0.39, 0.29) is 11.6 Å². The van der Waals surface area contributed by atoms with Gasteiger partial charge in [-0.3, -0.25) is 4.79 Å². The molecule has 0 radical (unpaired) electrons. The Balaban J connectivity index is 1.70. The van der Waals surface area contributed by atoms with Gasteiger partial charge in [-0.15, -0.1) is 0 Å². The minimum atomic E-state index is -0.209. The lowest BCUT2D eigenvalue weighted by molar-refractivity contribution is 0.0775. The molecule has 1 amide bonds. The van der Waals surface area contributed by atoms with Gasteiger partial charge in [-0.1, -0.05) is 28.9 Å². The highest BCUT2D eigenvalue weighted by atomic mass is 35.5. The number of ether oxygens (including phenoxy) is 1. The van der Waals surface area contributed by atoms with Crippen molar-refractivity contribution < 1.29 is 14.1 Å². The van der Waals surface area contributed by atoms with Crippen LogP contribution in [-0.4, -0.2) is 30.1 Å². The molecule has 0 aliphatic carbocycles. The molecule has 0 saturated carbocycles. The summed E-state index contributed by atoms with van der Waals surface area (Å²) < 4.78 is 10.4. The van der Waals surface area contributed by atoms with E-state index in [1.807, 2.05) is 36.4 Å². The second kappa shape index (κ2) is 7.40. The number of methoxy groups -OCH3 is 1. The molecular formula is C19H17ClN2O3. The largest absolute Gasteiger partial charge is 0.497 e. The van der Waals surface area contributed by atoms with Crippen molar-refractivity contribution in [3.8, 4) is 17.1 Å². The maximum absolute atomic E-state index is 12.5. The molecule has 128 valence electrons. The van der Waals surface area contributed by atoms with E-state index in [1.54, 1.807) is 37.3 Å². The van der Waals surface area contributed by atoms with E-state index < -0.39 is 0 Å². The zero-order chi connectivity index (χ0) is 17.8. The molecule has 0 bridgehead atoms. The molecule has 3 aromatic rings. The van der Waals surface area contributed by atoms with Crippen molar-refractivity contribution in [2.24, 2.45) is 0 Å². The van der Waals surface area contributed by atoms with Gasteiger partial charge in [-0.2, -0.15) is 0 Å². The number of hydrogen-bond donors (Lipinski definition) is 0. The molecule has 0 unspecified atom stereocenters. The molecule has 5 nitrogen and oxygen atoms in total. The minimum Gasteiger partial charge on any atom is -0.497 e. The minimum absolute atomic E-state index is 0.209. The van der Waals surface area contributed by atoms with Crippen LogP contribution in [0.2, 0.25) is 5.02 Å². The SMILES string of the molecule is COc1ccc(CN(C)C(=O)c2cc(-c3ccc(Cl)cc3)on2)cc1. The maximum atomic E-state index is 12.5. The molecule has 6 heteroatoms. The fraction of sp³-hybridized carbons (Fsp3) is 0.158. The quantitative estimate of drug-likeness (QED) is 0.684. The number of nitrogens with zero attached hydrogens (tertiary/aromatic N) is 2. The number of amides is 1. The van der Waals surface area contributed by atoms with Crippen LogP contribution in [0.3, 0.4) is 0 Å². The van der Waals surface area contributed by atoms with Crippen molar-refractivity contribution in [2.45, 2.75) is 6.54 Å². The van der Waals surface area contributed by atoms with Gasteiger partial charge in [0.25, 0.3) is 5.91 Å². The molecule has 1 heterocycles. The number of aromatic nitrogens is 1. The first kappa shape index (κ1) is 17.0. The van der Waals surface area contributed by atoms with Crippen molar-refractivity contribution in [1.29, 1.82) is 0 Å². The summed E-state index contributed by atoms with van der Waals surface area (Å²) >= 11 is 5.88. The van der Waals surface area contributed by atoms with Crippen LogP contribution >= 0.6 is 11.6 Å². The van der Waals surface area contributed by atoms with Crippen molar-refractivity contribution in [2.75, 3.05) is 14.2 Å². The highest BCUT2D eigenvalue weighted by molar-refractivity contribution is 6.30. The standard InChI is InChI=1S/C19H17ClN2O3/c1-22(12-13-3-9-16(24-2)10-4-13)19(23)17-11-18(25-21-17)14-5-7-15(20)8-6-14/h3-11H,12H2,1-2H3. The van der Waals surface area contributed by atoms with Crippen LogP contribution in [0.15, 0.2) is 59.1 Å². The lowest BCUT2D eigenvalue weighted by Gasteiger charge is -2.15. The second-order valence-electron chi connectivity index (χ2n) is 5.59. The molecule has 0 atom stereocenters. The number of rotatable bonds is 5. The van der Waals surface area contributed by atoms with Gasteiger partial charge in [-0.25, -0.2) is 0 Å². The summed E-state index contributed by atoms with van der Waals surface area (Å²) in [6.45, 7) is 0.464. The first-order valence-corrected chi connectivity index (χ1v) is 8.05. The molecule has 0 aliphatic heterocycles. The Labute approximate surface area is 150 Å². The average molecular weight is 357 g/mol. The molecular weight excluding hydrogens is 340 g/mol. The van der Waals surface area contributed by atoms with Gasteiger partial charge in [0.05, 0.1) is 7.11 Å². The summed E-state index contributed by atoms with van der Waals surface area (Å²) in [4.78, 5) is 14.1. The van der Waals surface area contributed by atoms with Crippen LogP contribution in [0.1, 0.15) is 16.1 Å². The van der Waals surface area contributed by atoms with Gasteiger partial charge in [0, 0.05) is 30.2 Å². The van der Waals surface area contributed by atoms with Gasteiger partial charge in [0.1, 0.15) is 5.75 Å². The summed E-state index contributed by atoms with van der Waals surface area (Å²) in [6.07, 6.45) is 0. The van der Waals surface area contributed by atoms with Crippen molar-refractivity contribution in [3.05, 3.63) is 70.9 Å². The highest BCUT2D eigenvalue weighted by Crippen LogP contribution is 2.23. The van der Waals surface area contributed by atoms with E-state index in [4.69, 9.17) is 20.9 Å². The molecule has 0 N–H and O–H groups in total. The van der Waals surface area contributed by atoms with Gasteiger partial charge in [0.2, 0.25) is 0 Å². The molecule has 3 rings (SSSR count). The van der Waals surface area contributed by atoms with Crippen molar-refractivity contribution in [3.63, 3.8) is 0 Å². The number of benzene rings is 2. The molecule has 0 saturated heterocycles. The Morgan fingerprint density at radius 3 is 2.48 bits per heavy atom. The number of carbonyl (C=O) groups is 1. The maximum Gasteiger partial charge on any atom is 0.276 e. The van der Waals surface area contributed by atoms with E-state index in [2.05, 4.69) is 5.16 Å². The third-order valence-electron chi connectivity index (χ3n) is 3.78. The number of hydrogen-bond acceptors (Lipinski definition) is 4. The van der Waals surface area contributed by atoms with Gasteiger partial charge in [0.15, 0.2) is 11.5 Å². The first-order chi connectivity index (χ1) is 12.1. The zero-order valence-electron chi connectivity index (χ0n) is 13.9. The zero-order valence-corrected chi connectivity index (χ0v) is 14.7. The highest BCUT2D eigenvalue weighted by Gasteiger charge is 2.18. The van der Waals surface area contributed by atoms with Crippen molar-refractivity contribution in [1.82, 2.24) is 10.1 Å². The van der Waals surface area contributed by atoms with Crippen LogP contribution in [0.25, 0.3) is 11.3 Å². The molecule has 2 aromatic carbocycles. The summed E-state index contributed by atoms with van der Waals surface area (Å²) in [6, 6.07) is 16.4. The molecule has 0 aliphatic rings. The van der Waals surface area contributed by atoms with E-state index in [0.29, 0.717) is 17.3 Å². The Hall–Kier alpha value is -2.79. The third kappa shape index (κ3) is 4.00. The van der Waals surface area contributed by atoms with Crippen LogP contribution < -0.4 is 4.74 Å². The lowest BCUT2D eigenvalue weighted by atomic mass is 10.1. The molecule has 1 aromatic heterocycles. The summed E-state index contributed by atoms with van der Waals surface area (Å²) in [7, 11) is 3.34. The van der Waals surface area contributed by atoms with E-state index in [0.717, 1.165) is 16.9 Å². The smallest absolute Gasteiger partial charge is 0.276 e. The summed E-state index contributed by atoms with van der Waals surface area (Å²) in [5.74, 6) is 1.10. The summed E-state index contributed by atoms with van der Waals surface area (Å²) in [5, 5.41) is 4.52. The summed E-state index contributed by atoms with van der Waals surface area (Å²) in [5.41, 5.74) is 2.08. The van der Waals surface area contributed by atoms with Crippen molar-refractivity contribution >= 4 is 17.5 Å². The topological polar surface area (TPSA) is 55.6 Å². The van der Waals surface area contributed by atoms with E-state index >= 15 is 0 Å². The lowest BCUT2D eigenvalue weighted by Crippen LogP contribution is -2.26. The number of carbonyl (C=O) groups excluding carboxylic acids is 1. The molecule has 0 fully saturated rings. The van der Waals surface area contributed by atoms with Crippen LogP contribution in [-0.2, 0) is 6.54 Å².